The van der Waals surface area contributed by atoms with E-state index in [9.17, 15) is 4.79 Å². The summed E-state index contributed by atoms with van der Waals surface area (Å²) in [6.45, 7) is 1.86. The van der Waals surface area contributed by atoms with Crippen molar-refractivity contribution < 1.29 is 4.79 Å². The van der Waals surface area contributed by atoms with E-state index in [2.05, 4.69) is 20.9 Å². The minimum Gasteiger partial charge on any atom is -0.332 e. The van der Waals surface area contributed by atoms with E-state index in [0.717, 1.165) is 27.5 Å². The number of thiocarbonyl (C=S) groups is 1. The van der Waals surface area contributed by atoms with Crippen LogP contribution in [0.15, 0.2) is 83.1 Å². The predicted molar refractivity (Wildman–Crippen MR) is 154 cm³/mol. The molecule has 10 heteroatoms. The largest absolute Gasteiger partial charge is 0.332 e. The van der Waals surface area contributed by atoms with Crippen molar-refractivity contribution in [3.05, 3.63) is 88.2 Å². The first-order chi connectivity index (χ1) is 16.9. The molecule has 0 saturated heterocycles. The standard InChI is InChI=1S/C25H20Cl2N4OS3/c1-15(23(32)31-25-30-22(14-34-25)16-7-12-20(26)21(27)13-16)35-19-10-8-18(9-11-19)29-24(33)28-17-5-3-2-4-6-17/h2-15H,1H3,(H2,28,29,33)(H,30,31,32). The van der Waals surface area contributed by atoms with Crippen molar-refractivity contribution in [2.24, 2.45) is 0 Å². The zero-order chi connectivity index (χ0) is 24.8. The molecule has 0 saturated carbocycles. The SMILES string of the molecule is CC(Sc1ccc(NC(=S)Nc2ccccc2)cc1)C(=O)Nc1nc(-c2ccc(Cl)c(Cl)c2)cs1. The lowest BCUT2D eigenvalue weighted by atomic mass is 10.2. The molecule has 4 aromatic rings. The second kappa shape index (κ2) is 11.9. The predicted octanol–water partition coefficient (Wildman–Crippen LogP) is 8.05. The number of nitrogens with one attached hydrogen (secondary N) is 3. The van der Waals surface area contributed by atoms with Crippen molar-refractivity contribution in [3.8, 4) is 11.3 Å². The Balaban J connectivity index is 1.29. The van der Waals surface area contributed by atoms with Crippen molar-refractivity contribution >= 4 is 86.0 Å². The highest BCUT2D eigenvalue weighted by Gasteiger charge is 2.17. The Morgan fingerprint density at radius 2 is 1.63 bits per heavy atom. The Kier molecular flexibility index (Phi) is 8.64. The van der Waals surface area contributed by atoms with Gasteiger partial charge in [0.2, 0.25) is 5.91 Å². The van der Waals surface area contributed by atoms with Crippen LogP contribution in [0.25, 0.3) is 11.3 Å². The lowest BCUT2D eigenvalue weighted by molar-refractivity contribution is -0.115. The van der Waals surface area contributed by atoms with E-state index in [0.29, 0.717) is 20.3 Å². The number of hydrogen-bond donors (Lipinski definition) is 3. The first-order valence-corrected chi connectivity index (χ1v) is 13.4. The van der Waals surface area contributed by atoms with Gasteiger partial charge in [-0.05, 0) is 67.7 Å². The fraction of sp³-hybridized carbons (Fsp3) is 0.0800. The average molecular weight is 560 g/mol. The number of para-hydroxylation sites is 1. The number of amides is 1. The molecule has 3 N–H and O–H groups in total. The number of benzene rings is 3. The van der Waals surface area contributed by atoms with Gasteiger partial charge in [0.05, 0.1) is 21.0 Å². The number of anilines is 3. The normalized spacial score (nSPS) is 11.5. The van der Waals surface area contributed by atoms with Crippen molar-refractivity contribution in [2.75, 3.05) is 16.0 Å². The van der Waals surface area contributed by atoms with Crippen LogP contribution in [-0.4, -0.2) is 21.3 Å². The van der Waals surface area contributed by atoms with Crippen molar-refractivity contribution in [1.29, 1.82) is 0 Å². The highest BCUT2D eigenvalue weighted by molar-refractivity contribution is 8.00. The number of halogens is 2. The summed E-state index contributed by atoms with van der Waals surface area (Å²) in [7, 11) is 0. The van der Waals surface area contributed by atoms with Crippen molar-refractivity contribution in [1.82, 2.24) is 4.98 Å². The Labute approximate surface area is 227 Å². The number of hydrogen-bond acceptors (Lipinski definition) is 5. The minimum atomic E-state index is -0.313. The van der Waals surface area contributed by atoms with Crippen molar-refractivity contribution in [2.45, 2.75) is 17.1 Å². The fourth-order valence-corrected chi connectivity index (χ4v) is 5.14. The lowest BCUT2D eigenvalue weighted by Crippen LogP contribution is -2.22. The summed E-state index contributed by atoms with van der Waals surface area (Å²) in [5.41, 5.74) is 3.34. The average Bonchev–Trinajstić information content (AvgIpc) is 3.31. The number of aromatic nitrogens is 1. The van der Waals surface area contributed by atoms with Crippen LogP contribution in [0.1, 0.15) is 6.92 Å². The van der Waals surface area contributed by atoms with E-state index >= 15 is 0 Å². The van der Waals surface area contributed by atoms with Crippen LogP contribution in [0.4, 0.5) is 16.5 Å². The topological polar surface area (TPSA) is 66.0 Å². The molecule has 35 heavy (non-hydrogen) atoms. The zero-order valence-corrected chi connectivity index (χ0v) is 22.4. The maximum Gasteiger partial charge on any atom is 0.239 e. The fourth-order valence-electron chi connectivity index (χ4n) is 3.02. The van der Waals surface area contributed by atoms with Crippen LogP contribution in [0.5, 0.6) is 0 Å². The van der Waals surface area contributed by atoms with Gasteiger partial charge < -0.3 is 16.0 Å². The number of rotatable bonds is 7. The van der Waals surface area contributed by atoms with E-state index in [-0.39, 0.29) is 11.2 Å². The van der Waals surface area contributed by atoms with Gasteiger partial charge in [0.25, 0.3) is 0 Å². The Morgan fingerprint density at radius 1 is 0.943 bits per heavy atom. The molecule has 0 radical (unpaired) electrons. The van der Waals surface area contributed by atoms with Gasteiger partial charge in [-0.2, -0.15) is 0 Å². The monoisotopic (exact) mass is 558 g/mol. The number of thiazole rings is 1. The molecule has 178 valence electrons. The van der Waals surface area contributed by atoms with Gasteiger partial charge in [-0.1, -0.05) is 47.5 Å². The molecule has 3 aromatic carbocycles. The van der Waals surface area contributed by atoms with Crippen LogP contribution in [0, 0.1) is 0 Å². The molecule has 5 nitrogen and oxygen atoms in total. The van der Waals surface area contributed by atoms with E-state index in [4.69, 9.17) is 35.4 Å². The lowest BCUT2D eigenvalue weighted by Gasteiger charge is -2.12. The second-order valence-electron chi connectivity index (χ2n) is 7.39. The molecule has 0 fully saturated rings. The van der Waals surface area contributed by atoms with E-state index in [1.54, 1.807) is 12.1 Å². The molecule has 0 aliphatic rings. The minimum absolute atomic E-state index is 0.125. The van der Waals surface area contributed by atoms with Gasteiger partial charge in [0.1, 0.15) is 0 Å². The molecule has 1 amide bonds. The summed E-state index contributed by atoms with van der Waals surface area (Å²) in [5, 5.41) is 12.7. The Hall–Kier alpha value is -2.62. The molecule has 1 heterocycles. The third-order valence-corrected chi connectivity index (χ3v) is 7.59. The molecule has 0 bridgehead atoms. The van der Waals surface area contributed by atoms with Crippen LogP contribution in [0.3, 0.4) is 0 Å². The highest BCUT2D eigenvalue weighted by atomic mass is 35.5. The van der Waals surface area contributed by atoms with Crippen molar-refractivity contribution in [3.63, 3.8) is 0 Å². The van der Waals surface area contributed by atoms with Crippen LogP contribution >= 0.6 is 58.5 Å². The van der Waals surface area contributed by atoms with Gasteiger partial charge in [0.15, 0.2) is 10.2 Å². The summed E-state index contributed by atoms with van der Waals surface area (Å²) in [5.74, 6) is -0.125. The molecule has 0 spiro atoms. The number of nitrogens with zero attached hydrogens (tertiary/aromatic N) is 1. The molecule has 0 aliphatic heterocycles. The molecular formula is C25H20Cl2N4OS3. The maximum absolute atomic E-state index is 12.7. The highest BCUT2D eigenvalue weighted by Crippen LogP contribution is 2.31. The van der Waals surface area contributed by atoms with Crippen LogP contribution < -0.4 is 16.0 Å². The van der Waals surface area contributed by atoms with E-state index in [1.165, 1.54) is 23.1 Å². The van der Waals surface area contributed by atoms with Gasteiger partial charge in [-0.25, -0.2) is 4.98 Å². The second-order valence-corrected chi connectivity index (χ2v) is 10.9. The van der Waals surface area contributed by atoms with Crippen LogP contribution in [0.2, 0.25) is 10.0 Å². The molecule has 1 atom stereocenters. The van der Waals surface area contributed by atoms with Gasteiger partial charge in [0, 0.05) is 27.2 Å². The Morgan fingerprint density at radius 3 is 2.31 bits per heavy atom. The number of carbonyl (C=O) groups is 1. The van der Waals surface area contributed by atoms with Gasteiger partial charge in [-0.3, -0.25) is 4.79 Å². The summed E-state index contributed by atoms with van der Waals surface area (Å²) < 4.78 is 0. The smallest absolute Gasteiger partial charge is 0.239 e. The maximum atomic E-state index is 12.7. The molecule has 0 aliphatic carbocycles. The summed E-state index contributed by atoms with van der Waals surface area (Å²) in [6, 6.07) is 22.8. The zero-order valence-electron chi connectivity index (χ0n) is 18.4. The van der Waals surface area contributed by atoms with Crippen LogP contribution in [-0.2, 0) is 4.79 Å². The molecule has 1 unspecified atom stereocenters. The molecule has 1 aromatic heterocycles. The number of thioether (sulfide) groups is 1. The summed E-state index contributed by atoms with van der Waals surface area (Å²) >= 11 is 20.3. The third-order valence-electron chi connectivity index (χ3n) is 4.78. The van der Waals surface area contributed by atoms with Gasteiger partial charge in [-0.15, -0.1) is 23.1 Å². The summed E-state index contributed by atoms with van der Waals surface area (Å²) in [6.07, 6.45) is 0. The Bertz CT molecular complexity index is 1330. The van der Waals surface area contributed by atoms with E-state index < -0.39 is 0 Å². The quantitative estimate of drug-likeness (QED) is 0.157. The van der Waals surface area contributed by atoms with Gasteiger partial charge >= 0.3 is 0 Å². The number of carbonyl (C=O) groups excluding carboxylic acids is 1. The first-order valence-electron chi connectivity index (χ1n) is 10.5. The molecular weight excluding hydrogens is 539 g/mol. The first kappa shape index (κ1) is 25.5. The van der Waals surface area contributed by atoms with E-state index in [1.807, 2.05) is 73.0 Å². The summed E-state index contributed by atoms with van der Waals surface area (Å²) in [4.78, 5) is 18.2. The third kappa shape index (κ3) is 7.19. The molecule has 4 rings (SSSR count).